The Bertz CT molecular complexity index is 539. The van der Waals surface area contributed by atoms with Gasteiger partial charge in [-0.2, -0.15) is 0 Å². The van der Waals surface area contributed by atoms with Gasteiger partial charge in [-0.15, -0.1) is 0 Å². The highest BCUT2D eigenvalue weighted by Crippen LogP contribution is 2.44. The molecule has 130 valence electrons. The number of rotatable bonds is 2. The minimum absolute atomic E-state index is 0.149. The molecule has 0 unspecified atom stereocenters. The summed E-state index contributed by atoms with van der Waals surface area (Å²) in [6.45, 7) is 4.43. The number of nitrogens with zero attached hydrogens (tertiary/aromatic N) is 3. The van der Waals surface area contributed by atoms with Gasteiger partial charge in [0.15, 0.2) is 0 Å². The third kappa shape index (κ3) is 2.39. The molecular weight excluding hydrogens is 298 g/mol. The Morgan fingerprint density at radius 3 is 1.67 bits per heavy atom. The van der Waals surface area contributed by atoms with Gasteiger partial charge in [0.1, 0.15) is 18.0 Å². The molecule has 4 aliphatic heterocycles. The van der Waals surface area contributed by atoms with Crippen LogP contribution in [0.5, 0.6) is 0 Å². The molecule has 2 aliphatic carbocycles. The van der Waals surface area contributed by atoms with Gasteiger partial charge in [0.2, 0.25) is 0 Å². The summed E-state index contributed by atoms with van der Waals surface area (Å²) in [5.74, 6) is 3.87. The highest BCUT2D eigenvalue weighted by Gasteiger charge is 2.45. The molecule has 5 heterocycles. The van der Waals surface area contributed by atoms with E-state index in [4.69, 9.17) is 4.98 Å². The fourth-order valence-electron chi connectivity index (χ4n) is 5.67. The second-order valence-electron chi connectivity index (χ2n) is 8.84. The van der Waals surface area contributed by atoms with Crippen molar-refractivity contribution in [1.82, 2.24) is 25.6 Å². The largest absolute Gasteiger partial charge is 0.315 e. The molecule has 0 spiro atoms. The van der Waals surface area contributed by atoms with E-state index in [0.717, 1.165) is 36.6 Å². The Balaban J connectivity index is 1.50. The van der Waals surface area contributed by atoms with Crippen LogP contribution in [0.4, 0.5) is 0 Å². The van der Waals surface area contributed by atoms with Crippen LogP contribution < -0.4 is 10.6 Å². The van der Waals surface area contributed by atoms with E-state index in [1.807, 2.05) is 0 Å². The fourth-order valence-corrected chi connectivity index (χ4v) is 5.67. The van der Waals surface area contributed by atoms with Gasteiger partial charge in [0.25, 0.3) is 0 Å². The van der Waals surface area contributed by atoms with Crippen molar-refractivity contribution >= 4 is 0 Å². The van der Waals surface area contributed by atoms with Gasteiger partial charge < -0.3 is 10.6 Å². The predicted octanol–water partition coefficient (Wildman–Crippen LogP) is 1.93. The van der Waals surface area contributed by atoms with Crippen molar-refractivity contribution in [3.63, 3.8) is 0 Å². The third-order valence-corrected chi connectivity index (χ3v) is 7.44. The van der Waals surface area contributed by atoms with E-state index in [1.54, 1.807) is 6.33 Å². The van der Waals surface area contributed by atoms with E-state index in [9.17, 15) is 0 Å². The maximum Gasteiger partial charge on any atom is 0.139 e. The number of nitrogens with one attached hydrogen (secondary N) is 2. The van der Waals surface area contributed by atoms with Crippen LogP contribution >= 0.6 is 0 Å². The van der Waals surface area contributed by atoms with Crippen molar-refractivity contribution in [2.45, 2.75) is 62.2 Å². The lowest BCUT2D eigenvalue weighted by Crippen LogP contribution is -2.41. The molecule has 5 nitrogen and oxygen atoms in total. The van der Waals surface area contributed by atoms with E-state index >= 15 is 0 Å². The van der Waals surface area contributed by atoms with E-state index in [0.29, 0.717) is 0 Å². The molecule has 4 saturated heterocycles. The highest BCUT2D eigenvalue weighted by atomic mass is 15.1. The third-order valence-electron chi connectivity index (χ3n) is 7.44. The summed E-state index contributed by atoms with van der Waals surface area (Å²) in [7, 11) is 0. The van der Waals surface area contributed by atoms with Crippen molar-refractivity contribution in [3.8, 4) is 0 Å². The van der Waals surface area contributed by atoms with Gasteiger partial charge in [0.05, 0.1) is 0 Å². The first-order valence-corrected chi connectivity index (χ1v) is 9.90. The van der Waals surface area contributed by atoms with E-state index in [-0.39, 0.29) is 10.8 Å². The lowest BCUT2D eigenvalue weighted by atomic mass is 9.70. The maximum absolute atomic E-state index is 5.14. The van der Waals surface area contributed by atoms with E-state index < -0.39 is 0 Å². The molecule has 0 amide bonds. The zero-order valence-electron chi connectivity index (χ0n) is 14.6. The Morgan fingerprint density at radius 1 is 0.750 bits per heavy atom. The van der Waals surface area contributed by atoms with Gasteiger partial charge in [-0.25, -0.2) is 15.0 Å². The maximum atomic E-state index is 5.14. The summed E-state index contributed by atoms with van der Waals surface area (Å²) in [4.78, 5) is 14.5. The summed E-state index contributed by atoms with van der Waals surface area (Å²) in [6, 6.07) is 0. The molecule has 5 heteroatoms. The van der Waals surface area contributed by atoms with Crippen LogP contribution in [0.15, 0.2) is 6.33 Å². The molecule has 1 aromatic rings. The Kier molecular flexibility index (Phi) is 3.63. The molecule has 2 saturated carbocycles. The summed E-state index contributed by atoms with van der Waals surface area (Å²) >= 11 is 0. The van der Waals surface area contributed by atoms with Crippen LogP contribution in [0.3, 0.4) is 0 Å². The molecule has 6 aliphatic rings. The summed E-state index contributed by atoms with van der Waals surface area (Å²) in [5, 5.41) is 7.35. The lowest BCUT2D eigenvalue weighted by molar-refractivity contribution is 0.247. The van der Waals surface area contributed by atoms with Crippen molar-refractivity contribution in [2.75, 3.05) is 26.2 Å². The summed E-state index contributed by atoms with van der Waals surface area (Å²) in [5.41, 5.74) is 0.299. The predicted molar refractivity (Wildman–Crippen MR) is 92.8 cm³/mol. The van der Waals surface area contributed by atoms with Crippen molar-refractivity contribution in [1.29, 1.82) is 0 Å². The summed E-state index contributed by atoms with van der Waals surface area (Å²) in [6.07, 6.45) is 12.0. The van der Waals surface area contributed by atoms with Crippen LogP contribution in [0.25, 0.3) is 0 Å². The van der Waals surface area contributed by atoms with Gasteiger partial charge in [-0.1, -0.05) is 0 Å². The van der Waals surface area contributed by atoms with Gasteiger partial charge in [0, 0.05) is 23.9 Å². The SMILES string of the molecule is c1nc(C23CCC(CC2)CNC3)nc(C23CCC(CC2)CNC3)n1. The average molecular weight is 327 g/mol. The Labute approximate surface area is 144 Å². The molecule has 24 heavy (non-hydrogen) atoms. The van der Waals surface area contributed by atoms with E-state index in [2.05, 4.69) is 20.6 Å². The van der Waals surface area contributed by atoms with Crippen molar-refractivity contribution < 1.29 is 0 Å². The quantitative estimate of drug-likeness (QED) is 0.869. The first-order chi connectivity index (χ1) is 11.8. The molecular formula is C19H29N5. The van der Waals surface area contributed by atoms with E-state index in [1.165, 1.54) is 64.5 Å². The minimum atomic E-state index is 0.149. The minimum Gasteiger partial charge on any atom is -0.315 e. The summed E-state index contributed by atoms with van der Waals surface area (Å²) < 4.78 is 0. The van der Waals surface area contributed by atoms with Gasteiger partial charge in [-0.3, -0.25) is 0 Å². The van der Waals surface area contributed by atoms with Crippen LogP contribution in [-0.4, -0.2) is 41.1 Å². The Morgan fingerprint density at radius 2 is 1.21 bits per heavy atom. The number of fused-ring (bicyclic) bond motifs is 8. The fraction of sp³-hybridized carbons (Fsp3) is 0.842. The smallest absolute Gasteiger partial charge is 0.139 e. The van der Waals surface area contributed by atoms with Crippen LogP contribution in [-0.2, 0) is 10.8 Å². The number of aromatic nitrogens is 3. The van der Waals surface area contributed by atoms with Crippen LogP contribution in [0.2, 0.25) is 0 Å². The molecule has 0 atom stereocenters. The zero-order valence-corrected chi connectivity index (χ0v) is 14.6. The normalized spacial score (nSPS) is 41.8. The monoisotopic (exact) mass is 327 g/mol. The first kappa shape index (κ1) is 15.2. The van der Waals surface area contributed by atoms with Crippen molar-refractivity contribution in [3.05, 3.63) is 18.0 Å². The van der Waals surface area contributed by atoms with Crippen LogP contribution in [0, 0.1) is 11.8 Å². The topological polar surface area (TPSA) is 62.7 Å². The Hall–Kier alpha value is -1.07. The van der Waals surface area contributed by atoms with Crippen molar-refractivity contribution in [2.24, 2.45) is 11.8 Å². The molecule has 0 radical (unpaired) electrons. The molecule has 1 aromatic heterocycles. The van der Waals surface area contributed by atoms with Gasteiger partial charge >= 0.3 is 0 Å². The number of hydrogen-bond donors (Lipinski definition) is 2. The zero-order chi connectivity index (χ0) is 16.0. The second-order valence-corrected chi connectivity index (χ2v) is 8.84. The standard InChI is InChI=1S/C19H29N5/c1-5-18(6-2-14(1)9-20-11-18)16-22-13-23-17(24-16)19-7-3-15(4-8-19)10-21-12-19/h13-15,20-21H,1-12H2. The molecule has 6 fully saturated rings. The lowest BCUT2D eigenvalue weighted by Gasteiger charge is -2.37. The van der Waals surface area contributed by atoms with Crippen LogP contribution in [0.1, 0.15) is 63.0 Å². The average Bonchev–Trinajstić information content (AvgIpc) is 3.15. The number of hydrogen-bond acceptors (Lipinski definition) is 5. The molecule has 0 aromatic carbocycles. The molecule has 7 rings (SSSR count). The highest BCUT2D eigenvalue weighted by molar-refractivity contribution is 5.18. The van der Waals surface area contributed by atoms with Gasteiger partial charge in [-0.05, 0) is 76.3 Å². The molecule has 4 bridgehead atoms. The second kappa shape index (κ2) is 5.73. The molecule has 2 N–H and O–H groups in total. The first-order valence-electron chi connectivity index (χ1n) is 9.90.